The van der Waals surface area contributed by atoms with E-state index >= 15 is 0 Å². The molecule has 1 aromatic rings. The molecule has 0 aliphatic rings. The molecule has 0 fully saturated rings. The molecule has 10 heavy (non-hydrogen) atoms. The fraction of sp³-hybridized carbons (Fsp3) is 0.167. The summed E-state index contributed by atoms with van der Waals surface area (Å²) in [6.45, 7) is 0. The molecule has 0 unspecified atom stereocenters. The second-order valence-corrected chi connectivity index (χ2v) is 1.99. The molecule has 0 N–H and O–H groups in total. The van der Waals surface area contributed by atoms with E-state index in [4.69, 9.17) is 16.9 Å². The monoisotopic (exact) mass is 153 g/mol. The Morgan fingerprint density at radius 2 is 2.50 bits per heavy atom. The number of aromatic nitrogens is 2. The minimum absolute atomic E-state index is 0.188. The Hall–Kier alpha value is -1.14. The van der Waals surface area contributed by atoms with Crippen molar-refractivity contribution in [3.63, 3.8) is 0 Å². The van der Waals surface area contributed by atoms with Gasteiger partial charge in [0.15, 0.2) is 0 Å². The van der Waals surface area contributed by atoms with Crippen molar-refractivity contribution in [3.05, 3.63) is 23.2 Å². The van der Waals surface area contributed by atoms with Gasteiger partial charge in [0.2, 0.25) is 5.28 Å². The normalized spacial score (nSPS) is 8.80. The van der Waals surface area contributed by atoms with Gasteiger partial charge in [-0.3, -0.25) is 0 Å². The van der Waals surface area contributed by atoms with Gasteiger partial charge in [0.05, 0.1) is 18.2 Å². The van der Waals surface area contributed by atoms with E-state index in [1.165, 1.54) is 6.20 Å². The summed E-state index contributed by atoms with van der Waals surface area (Å²) in [5.41, 5.74) is 0.655. The summed E-state index contributed by atoms with van der Waals surface area (Å²) in [5, 5.41) is 8.44. The fourth-order valence-electron chi connectivity index (χ4n) is 0.549. The van der Waals surface area contributed by atoms with Gasteiger partial charge in [-0.2, -0.15) is 5.26 Å². The van der Waals surface area contributed by atoms with E-state index in [0.717, 1.165) is 0 Å². The second-order valence-electron chi connectivity index (χ2n) is 1.65. The number of nitriles is 1. The van der Waals surface area contributed by atoms with Crippen molar-refractivity contribution in [1.29, 1.82) is 5.26 Å². The van der Waals surface area contributed by atoms with Crippen molar-refractivity contribution < 1.29 is 0 Å². The molecule has 0 saturated heterocycles. The van der Waals surface area contributed by atoms with Crippen molar-refractivity contribution in [2.24, 2.45) is 0 Å². The van der Waals surface area contributed by atoms with Gasteiger partial charge in [0, 0.05) is 6.20 Å². The molecule has 0 aliphatic carbocycles. The summed E-state index contributed by atoms with van der Waals surface area (Å²) < 4.78 is 0. The predicted molar refractivity (Wildman–Crippen MR) is 36.4 cm³/mol. The molecule has 1 rings (SSSR count). The zero-order chi connectivity index (χ0) is 7.40. The third-order valence-electron chi connectivity index (χ3n) is 0.944. The van der Waals surface area contributed by atoms with Crippen LogP contribution in [-0.2, 0) is 6.42 Å². The van der Waals surface area contributed by atoms with Crippen molar-refractivity contribution in [2.75, 3.05) is 0 Å². The highest BCUT2D eigenvalue weighted by molar-refractivity contribution is 6.28. The number of nitrogens with zero attached hydrogens (tertiary/aromatic N) is 3. The van der Waals surface area contributed by atoms with Crippen LogP contribution < -0.4 is 0 Å². The van der Waals surface area contributed by atoms with Crippen LogP contribution in [0.5, 0.6) is 0 Å². The molecule has 0 atom stereocenters. The van der Waals surface area contributed by atoms with Crippen LogP contribution >= 0.6 is 11.6 Å². The molecule has 0 radical (unpaired) electrons. The van der Waals surface area contributed by atoms with E-state index in [1.54, 1.807) is 6.07 Å². The van der Waals surface area contributed by atoms with Gasteiger partial charge < -0.3 is 0 Å². The number of rotatable bonds is 1. The fourth-order valence-corrected chi connectivity index (χ4v) is 0.714. The van der Waals surface area contributed by atoms with Gasteiger partial charge >= 0.3 is 0 Å². The first-order valence-corrected chi connectivity index (χ1v) is 3.05. The minimum Gasteiger partial charge on any atom is -0.227 e. The number of hydrogen-bond donors (Lipinski definition) is 0. The maximum absolute atomic E-state index is 8.26. The molecule has 1 aromatic heterocycles. The first kappa shape index (κ1) is 6.97. The Labute approximate surface area is 63.3 Å². The smallest absolute Gasteiger partial charge is 0.222 e. The van der Waals surface area contributed by atoms with E-state index in [1.807, 2.05) is 6.07 Å². The van der Waals surface area contributed by atoms with Crippen LogP contribution in [0.2, 0.25) is 5.28 Å². The summed E-state index contributed by atoms with van der Waals surface area (Å²) in [7, 11) is 0. The quantitative estimate of drug-likeness (QED) is 0.570. The molecule has 0 aromatic carbocycles. The van der Waals surface area contributed by atoms with Crippen LogP contribution in [0.1, 0.15) is 5.69 Å². The summed E-state index contributed by atoms with van der Waals surface area (Å²) >= 11 is 5.45. The molecule has 3 nitrogen and oxygen atoms in total. The maximum Gasteiger partial charge on any atom is 0.222 e. The second kappa shape index (κ2) is 3.14. The predicted octanol–water partition coefficient (Wildman–Crippen LogP) is 1.20. The third kappa shape index (κ3) is 1.67. The van der Waals surface area contributed by atoms with E-state index in [-0.39, 0.29) is 11.7 Å². The van der Waals surface area contributed by atoms with Crippen LogP contribution in [0.3, 0.4) is 0 Å². The molecule has 4 heteroatoms. The lowest BCUT2D eigenvalue weighted by atomic mass is 10.3. The maximum atomic E-state index is 8.26. The van der Waals surface area contributed by atoms with Crippen molar-refractivity contribution in [3.8, 4) is 6.07 Å². The molecule has 0 spiro atoms. The van der Waals surface area contributed by atoms with Gasteiger partial charge in [0.25, 0.3) is 0 Å². The van der Waals surface area contributed by atoms with E-state index in [0.29, 0.717) is 5.69 Å². The van der Waals surface area contributed by atoms with Crippen LogP contribution in [0, 0.1) is 11.3 Å². The molecule has 1 heterocycles. The Morgan fingerprint density at radius 1 is 1.70 bits per heavy atom. The molecular weight excluding hydrogens is 150 g/mol. The first-order valence-electron chi connectivity index (χ1n) is 2.67. The Morgan fingerprint density at radius 3 is 3.10 bits per heavy atom. The highest BCUT2D eigenvalue weighted by Crippen LogP contribution is 2.00. The van der Waals surface area contributed by atoms with E-state index in [2.05, 4.69) is 9.97 Å². The molecule has 0 aliphatic heterocycles. The number of halogens is 1. The highest BCUT2D eigenvalue weighted by atomic mass is 35.5. The molecule has 0 bridgehead atoms. The van der Waals surface area contributed by atoms with E-state index < -0.39 is 0 Å². The third-order valence-corrected chi connectivity index (χ3v) is 1.13. The zero-order valence-electron chi connectivity index (χ0n) is 5.08. The van der Waals surface area contributed by atoms with Gasteiger partial charge in [-0.25, -0.2) is 9.97 Å². The lowest BCUT2D eigenvalue weighted by molar-refractivity contribution is 1.05. The lowest BCUT2D eigenvalue weighted by Gasteiger charge is -1.90. The van der Waals surface area contributed by atoms with Crippen molar-refractivity contribution >= 4 is 11.6 Å². The van der Waals surface area contributed by atoms with Gasteiger partial charge in [-0.05, 0) is 17.7 Å². The lowest BCUT2D eigenvalue weighted by Crippen LogP contribution is -1.88. The Balaban J connectivity index is 2.87. The average Bonchev–Trinajstić information content (AvgIpc) is 1.88. The van der Waals surface area contributed by atoms with Crippen molar-refractivity contribution in [1.82, 2.24) is 9.97 Å². The van der Waals surface area contributed by atoms with Gasteiger partial charge in [-0.15, -0.1) is 0 Å². The summed E-state index contributed by atoms with van der Waals surface area (Å²) in [6.07, 6.45) is 1.81. The van der Waals surface area contributed by atoms with Gasteiger partial charge in [-0.1, -0.05) is 0 Å². The summed E-state index contributed by atoms with van der Waals surface area (Å²) in [4.78, 5) is 7.46. The molecule has 0 amide bonds. The summed E-state index contributed by atoms with van der Waals surface area (Å²) in [6, 6.07) is 3.62. The topological polar surface area (TPSA) is 49.6 Å². The largest absolute Gasteiger partial charge is 0.227 e. The number of hydrogen-bond acceptors (Lipinski definition) is 3. The summed E-state index contributed by atoms with van der Waals surface area (Å²) in [5.74, 6) is 0. The average molecular weight is 154 g/mol. The van der Waals surface area contributed by atoms with Crippen LogP contribution in [0.25, 0.3) is 0 Å². The Kier molecular flexibility index (Phi) is 2.19. The van der Waals surface area contributed by atoms with Crippen LogP contribution in [0.15, 0.2) is 12.3 Å². The van der Waals surface area contributed by atoms with Crippen molar-refractivity contribution in [2.45, 2.75) is 6.42 Å². The molecule has 50 valence electrons. The van der Waals surface area contributed by atoms with E-state index in [9.17, 15) is 0 Å². The van der Waals surface area contributed by atoms with Crippen LogP contribution in [0.4, 0.5) is 0 Å². The zero-order valence-corrected chi connectivity index (χ0v) is 5.84. The Bertz CT molecular complexity index is 266. The molecule has 0 saturated carbocycles. The first-order chi connectivity index (χ1) is 4.83. The van der Waals surface area contributed by atoms with Crippen LogP contribution in [-0.4, -0.2) is 9.97 Å². The SMILES string of the molecule is N#CCc1ccnc(Cl)n1. The standard InChI is InChI=1S/C6H4ClN3/c7-6-9-4-2-5(10-6)1-3-8/h2,4H,1H2. The minimum atomic E-state index is 0.188. The molecular formula is C6H4ClN3. The van der Waals surface area contributed by atoms with Gasteiger partial charge in [0.1, 0.15) is 0 Å². The highest BCUT2D eigenvalue weighted by Gasteiger charge is 1.93.